The molecule has 0 radical (unpaired) electrons. The van der Waals surface area contributed by atoms with Crippen LogP contribution in [-0.2, 0) is 11.3 Å². The Morgan fingerprint density at radius 1 is 1.25 bits per heavy atom. The summed E-state index contributed by atoms with van der Waals surface area (Å²) in [5, 5.41) is 3.55. The van der Waals surface area contributed by atoms with Crippen molar-refractivity contribution in [2.75, 3.05) is 13.1 Å². The first kappa shape index (κ1) is 18.2. The molecule has 144 valence electrons. The highest BCUT2D eigenvalue weighted by atomic mass is 19.1. The predicted molar refractivity (Wildman–Crippen MR) is 103 cm³/mol. The first-order valence-corrected chi connectivity index (χ1v) is 9.28. The summed E-state index contributed by atoms with van der Waals surface area (Å²) >= 11 is 0. The van der Waals surface area contributed by atoms with Crippen molar-refractivity contribution in [1.82, 2.24) is 20.2 Å². The summed E-state index contributed by atoms with van der Waals surface area (Å²) in [4.78, 5) is 33.8. The lowest BCUT2D eigenvalue weighted by atomic mass is 9.93. The third-order valence-electron chi connectivity index (χ3n) is 5.07. The number of aromatic amines is 1. The Morgan fingerprint density at radius 2 is 2.11 bits per heavy atom. The zero-order chi connectivity index (χ0) is 19.6. The smallest absolute Gasteiger partial charge is 0.270 e. The molecule has 28 heavy (non-hydrogen) atoms. The molecule has 2 aromatic heterocycles. The number of nitrogens with zero attached hydrogens (tertiary/aromatic N) is 2. The minimum atomic E-state index is -2.10. The van der Waals surface area contributed by atoms with Gasteiger partial charge in [-0.1, -0.05) is 24.3 Å². The minimum Gasteiger partial charge on any atom is -0.351 e. The fraction of sp³-hybridized carbons (Fsp3) is 0.286. The van der Waals surface area contributed by atoms with Crippen LogP contribution in [0.1, 0.15) is 28.9 Å². The molecule has 0 bridgehead atoms. The Kier molecular flexibility index (Phi) is 4.81. The summed E-state index contributed by atoms with van der Waals surface area (Å²) in [6, 6.07) is 12.9. The van der Waals surface area contributed by atoms with Crippen LogP contribution in [0, 0.1) is 0 Å². The second kappa shape index (κ2) is 7.42. The van der Waals surface area contributed by atoms with E-state index in [4.69, 9.17) is 0 Å². The monoisotopic (exact) mass is 380 g/mol. The molecular formula is C21H21FN4O2. The maximum atomic E-state index is 15.4. The van der Waals surface area contributed by atoms with Crippen LogP contribution >= 0.6 is 0 Å². The SMILES string of the molecule is O=C(c1cc2ccccc2[nH]1)N1CCCC(F)(C(=O)NCc2cccnc2)C1. The van der Waals surface area contributed by atoms with Crippen LogP contribution in [0.25, 0.3) is 10.9 Å². The van der Waals surface area contributed by atoms with Gasteiger partial charge >= 0.3 is 0 Å². The molecule has 3 heterocycles. The van der Waals surface area contributed by atoms with Crippen molar-refractivity contribution in [2.45, 2.75) is 25.1 Å². The molecule has 3 aromatic rings. The number of nitrogens with one attached hydrogen (secondary N) is 2. The van der Waals surface area contributed by atoms with Gasteiger partial charge in [0.05, 0.1) is 6.54 Å². The summed E-state index contributed by atoms with van der Waals surface area (Å²) in [6.07, 6.45) is 3.79. The number of aromatic nitrogens is 2. The number of likely N-dealkylation sites (tertiary alicyclic amines) is 1. The van der Waals surface area contributed by atoms with Crippen LogP contribution in [0.3, 0.4) is 0 Å². The van der Waals surface area contributed by atoms with E-state index in [-0.39, 0.29) is 25.4 Å². The van der Waals surface area contributed by atoms with Gasteiger partial charge in [0, 0.05) is 36.4 Å². The summed E-state index contributed by atoms with van der Waals surface area (Å²) in [7, 11) is 0. The number of hydrogen-bond acceptors (Lipinski definition) is 3. The molecule has 6 nitrogen and oxygen atoms in total. The van der Waals surface area contributed by atoms with Gasteiger partial charge < -0.3 is 15.2 Å². The van der Waals surface area contributed by atoms with Crippen molar-refractivity contribution in [3.8, 4) is 0 Å². The maximum absolute atomic E-state index is 15.4. The highest BCUT2D eigenvalue weighted by molar-refractivity contribution is 5.98. The Hall–Kier alpha value is -3.22. The molecule has 0 aliphatic carbocycles. The summed E-state index contributed by atoms with van der Waals surface area (Å²) in [6.45, 7) is 0.379. The summed E-state index contributed by atoms with van der Waals surface area (Å²) in [5.41, 5.74) is -0.0478. The molecule has 1 atom stereocenters. The number of amides is 2. The topological polar surface area (TPSA) is 78.1 Å². The number of halogens is 1. The Morgan fingerprint density at radius 3 is 2.89 bits per heavy atom. The number of H-pyrrole nitrogens is 1. The third kappa shape index (κ3) is 3.60. The van der Waals surface area contributed by atoms with Crippen LogP contribution in [-0.4, -0.2) is 45.4 Å². The molecule has 0 saturated carbocycles. The largest absolute Gasteiger partial charge is 0.351 e. The number of fused-ring (bicyclic) bond motifs is 1. The van der Waals surface area contributed by atoms with Gasteiger partial charge in [0.2, 0.25) is 5.67 Å². The second-order valence-corrected chi connectivity index (χ2v) is 7.11. The van der Waals surface area contributed by atoms with Gasteiger partial charge in [0.25, 0.3) is 11.8 Å². The van der Waals surface area contributed by atoms with E-state index >= 15 is 4.39 Å². The van der Waals surface area contributed by atoms with Crippen LogP contribution in [0.15, 0.2) is 54.9 Å². The molecule has 4 rings (SSSR count). The lowest BCUT2D eigenvalue weighted by Crippen LogP contribution is -2.55. The zero-order valence-corrected chi connectivity index (χ0v) is 15.3. The molecule has 1 aliphatic heterocycles. The van der Waals surface area contributed by atoms with Crippen molar-refractivity contribution in [3.05, 3.63) is 66.1 Å². The summed E-state index contributed by atoms with van der Waals surface area (Å²) < 4.78 is 15.4. The van der Waals surface area contributed by atoms with Crippen LogP contribution in [0.5, 0.6) is 0 Å². The number of pyridine rings is 1. The molecule has 1 saturated heterocycles. The number of piperidine rings is 1. The number of rotatable bonds is 4. The Balaban J connectivity index is 1.45. The number of hydrogen-bond donors (Lipinski definition) is 2. The van der Waals surface area contributed by atoms with E-state index in [1.165, 1.54) is 4.90 Å². The van der Waals surface area contributed by atoms with Crippen molar-refractivity contribution in [2.24, 2.45) is 0 Å². The number of para-hydroxylation sites is 1. The van der Waals surface area contributed by atoms with Gasteiger partial charge in [0.1, 0.15) is 5.69 Å². The van der Waals surface area contributed by atoms with E-state index in [9.17, 15) is 9.59 Å². The molecule has 2 N–H and O–H groups in total. The average Bonchev–Trinajstić information content (AvgIpc) is 3.16. The van der Waals surface area contributed by atoms with E-state index in [1.807, 2.05) is 30.3 Å². The van der Waals surface area contributed by atoms with Crippen molar-refractivity contribution >= 4 is 22.7 Å². The van der Waals surface area contributed by atoms with Crippen LogP contribution < -0.4 is 5.32 Å². The molecule has 1 fully saturated rings. The Bertz CT molecular complexity index is 971. The fourth-order valence-corrected chi connectivity index (χ4v) is 3.57. The van der Waals surface area contributed by atoms with Crippen LogP contribution in [0.2, 0.25) is 0 Å². The Labute approximate surface area is 161 Å². The van der Waals surface area contributed by atoms with Crippen molar-refractivity contribution in [1.29, 1.82) is 0 Å². The average molecular weight is 380 g/mol. The zero-order valence-electron chi connectivity index (χ0n) is 15.3. The number of carbonyl (C=O) groups excluding carboxylic acids is 2. The predicted octanol–water partition coefficient (Wildman–Crippen LogP) is 2.82. The van der Waals surface area contributed by atoms with Crippen LogP contribution in [0.4, 0.5) is 4.39 Å². The molecule has 7 heteroatoms. The van der Waals surface area contributed by atoms with E-state index in [0.29, 0.717) is 18.7 Å². The minimum absolute atomic E-state index is 0.0996. The molecule has 1 aromatic carbocycles. The normalized spacial score (nSPS) is 19.5. The number of carbonyl (C=O) groups is 2. The summed E-state index contributed by atoms with van der Waals surface area (Å²) in [5.74, 6) is -0.983. The molecular weight excluding hydrogens is 359 g/mol. The molecule has 0 spiro atoms. The number of benzene rings is 1. The van der Waals surface area contributed by atoms with E-state index < -0.39 is 11.6 Å². The lowest BCUT2D eigenvalue weighted by molar-refractivity contribution is -0.136. The lowest BCUT2D eigenvalue weighted by Gasteiger charge is -2.36. The van der Waals surface area contributed by atoms with E-state index in [0.717, 1.165) is 16.5 Å². The highest BCUT2D eigenvalue weighted by Gasteiger charge is 2.44. The number of alkyl halides is 1. The van der Waals surface area contributed by atoms with Crippen molar-refractivity contribution < 1.29 is 14.0 Å². The van der Waals surface area contributed by atoms with Gasteiger partial charge in [-0.15, -0.1) is 0 Å². The highest BCUT2D eigenvalue weighted by Crippen LogP contribution is 2.27. The quantitative estimate of drug-likeness (QED) is 0.731. The van der Waals surface area contributed by atoms with E-state index in [2.05, 4.69) is 15.3 Å². The van der Waals surface area contributed by atoms with Gasteiger partial charge in [-0.25, -0.2) is 4.39 Å². The fourth-order valence-electron chi connectivity index (χ4n) is 3.57. The first-order chi connectivity index (χ1) is 13.5. The second-order valence-electron chi connectivity index (χ2n) is 7.11. The standard InChI is InChI=1S/C21H21FN4O2/c22-21(20(28)24-13-15-5-3-9-23-12-15)8-4-10-26(14-21)19(27)18-11-16-6-1-2-7-17(16)25-18/h1-3,5-7,9,11-12,25H,4,8,10,13-14H2,(H,24,28). The van der Waals surface area contributed by atoms with Gasteiger partial charge in [-0.05, 0) is 36.6 Å². The molecule has 1 unspecified atom stereocenters. The van der Waals surface area contributed by atoms with Gasteiger partial charge in [-0.2, -0.15) is 0 Å². The van der Waals surface area contributed by atoms with Crippen molar-refractivity contribution in [3.63, 3.8) is 0 Å². The third-order valence-corrected chi connectivity index (χ3v) is 5.07. The molecule has 1 aliphatic rings. The molecule has 2 amide bonds. The first-order valence-electron chi connectivity index (χ1n) is 9.28. The van der Waals surface area contributed by atoms with E-state index in [1.54, 1.807) is 24.5 Å². The van der Waals surface area contributed by atoms with Gasteiger partial charge in [0.15, 0.2) is 0 Å². The van der Waals surface area contributed by atoms with Gasteiger partial charge in [-0.3, -0.25) is 14.6 Å². The maximum Gasteiger partial charge on any atom is 0.270 e.